The maximum Gasteiger partial charge on any atom is 0.134 e. The summed E-state index contributed by atoms with van der Waals surface area (Å²) in [5, 5.41) is 3.60. The molecule has 0 amide bonds. The Bertz CT molecular complexity index is 917. The van der Waals surface area contributed by atoms with Gasteiger partial charge in [-0.1, -0.05) is 42.5 Å². The maximum absolute atomic E-state index is 6.06. The lowest BCUT2D eigenvalue weighted by atomic mass is 10.1. The van der Waals surface area contributed by atoms with Crippen LogP contribution >= 0.6 is 27.7 Å². The number of aliphatic imine (C=N–C) groups is 1. The van der Waals surface area contributed by atoms with Gasteiger partial charge < -0.3 is 4.74 Å². The highest BCUT2D eigenvalue weighted by Crippen LogP contribution is 2.30. The van der Waals surface area contributed by atoms with Gasteiger partial charge in [0.15, 0.2) is 0 Å². The molecule has 3 aromatic rings. The second-order valence-electron chi connectivity index (χ2n) is 5.61. The van der Waals surface area contributed by atoms with Crippen LogP contribution in [0.4, 0.5) is 0 Å². The number of ether oxygens (including phenoxy) is 1. The first-order valence-electron chi connectivity index (χ1n) is 7.88. The second kappa shape index (κ2) is 6.99. The Hall–Kier alpha value is -1.78. The van der Waals surface area contributed by atoms with Gasteiger partial charge >= 0.3 is 0 Å². The monoisotopic (exact) mass is 397 g/mol. The SMILES string of the molecule is Brc1cc(C2=NCCS2)ccc1OCc1cccc2ccccc12. The fraction of sp³-hybridized carbons (Fsp3) is 0.150. The van der Waals surface area contributed by atoms with Crippen LogP contribution in [0, 0.1) is 0 Å². The molecule has 0 bridgehead atoms. The molecule has 24 heavy (non-hydrogen) atoms. The minimum Gasteiger partial charge on any atom is -0.488 e. The van der Waals surface area contributed by atoms with Gasteiger partial charge in [-0.05, 0) is 50.5 Å². The molecule has 1 aliphatic rings. The van der Waals surface area contributed by atoms with Crippen molar-refractivity contribution in [3.63, 3.8) is 0 Å². The highest BCUT2D eigenvalue weighted by molar-refractivity contribution is 9.10. The van der Waals surface area contributed by atoms with Crippen LogP contribution in [-0.4, -0.2) is 17.3 Å². The molecule has 0 aliphatic carbocycles. The zero-order valence-corrected chi connectivity index (χ0v) is 15.4. The predicted octanol–water partition coefficient (Wildman–Crippen LogP) is 5.67. The molecule has 1 aliphatic heterocycles. The number of rotatable bonds is 4. The quantitative estimate of drug-likeness (QED) is 0.564. The van der Waals surface area contributed by atoms with Crippen molar-refractivity contribution < 1.29 is 4.74 Å². The van der Waals surface area contributed by atoms with E-state index in [1.165, 1.54) is 16.3 Å². The zero-order chi connectivity index (χ0) is 16.4. The Balaban J connectivity index is 1.55. The van der Waals surface area contributed by atoms with Gasteiger partial charge in [-0.15, -0.1) is 11.8 Å². The van der Waals surface area contributed by atoms with E-state index in [0.29, 0.717) is 6.61 Å². The molecule has 0 spiro atoms. The van der Waals surface area contributed by atoms with E-state index in [0.717, 1.165) is 33.1 Å². The number of fused-ring (bicyclic) bond motifs is 1. The lowest BCUT2D eigenvalue weighted by Gasteiger charge is -2.11. The minimum atomic E-state index is 0.551. The minimum absolute atomic E-state index is 0.551. The third kappa shape index (κ3) is 3.21. The highest BCUT2D eigenvalue weighted by atomic mass is 79.9. The fourth-order valence-corrected chi connectivity index (χ4v) is 4.18. The average molecular weight is 398 g/mol. The highest BCUT2D eigenvalue weighted by Gasteiger charge is 2.12. The third-order valence-electron chi connectivity index (χ3n) is 4.03. The zero-order valence-electron chi connectivity index (χ0n) is 13.0. The molecule has 4 heteroatoms. The van der Waals surface area contributed by atoms with E-state index in [4.69, 9.17) is 4.74 Å². The number of hydrogen-bond donors (Lipinski definition) is 0. The Morgan fingerprint density at radius 1 is 1.04 bits per heavy atom. The van der Waals surface area contributed by atoms with Gasteiger partial charge in [0.25, 0.3) is 0 Å². The molecule has 0 unspecified atom stereocenters. The van der Waals surface area contributed by atoms with Crippen LogP contribution in [0.2, 0.25) is 0 Å². The lowest BCUT2D eigenvalue weighted by molar-refractivity contribution is 0.305. The Morgan fingerprint density at radius 2 is 1.92 bits per heavy atom. The van der Waals surface area contributed by atoms with E-state index in [2.05, 4.69) is 75.5 Å². The van der Waals surface area contributed by atoms with Crippen molar-refractivity contribution in [3.8, 4) is 5.75 Å². The van der Waals surface area contributed by atoms with Gasteiger partial charge in [0, 0.05) is 17.9 Å². The van der Waals surface area contributed by atoms with Crippen molar-refractivity contribution >= 4 is 43.5 Å². The number of nitrogens with zero attached hydrogens (tertiary/aromatic N) is 1. The normalized spacial score (nSPS) is 14.0. The Labute approximate surface area is 154 Å². The van der Waals surface area contributed by atoms with E-state index in [1.807, 2.05) is 17.8 Å². The van der Waals surface area contributed by atoms with Crippen LogP contribution < -0.4 is 4.74 Å². The summed E-state index contributed by atoms with van der Waals surface area (Å²) in [6, 6.07) is 20.9. The predicted molar refractivity (Wildman–Crippen MR) is 106 cm³/mol. The van der Waals surface area contributed by atoms with Gasteiger partial charge in [-0.25, -0.2) is 0 Å². The van der Waals surface area contributed by atoms with Gasteiger partial charge in [0.1, 0.15) is 12.4 Å². The molecule has 4 rings (SSSR count). The summed E-state index contributed by atoms with van der Waals surface area (Å²) in [5.41, 5.74) is 2.35. The molecule has 3 aromatic carbocycles. The van der Waals surface area contributed by atoms with Crippen LogP contribution in [0.3, 0.4) is 0 Å². The molecule has 0 N–H and O–H groups in total. The molecule has 0 atom stereocenters. The van der Waals surface area contributed by atoms with E-state index in [1.54, 1.807) is 0 Å². The molecule has 0 radical (unpaired) electrons. The summed E-state index contributed by atoms with van der Waals surface area (Å²) in [5.74, 6) is 1.93. The molecule has 0 aromatic heterocycles. The number of halogens is 1. The van der Waals surface area contributed by atoms with Crippen molar-refractivity contribution in [2.45, 2.75) is 6.61 Å². The van der Waals surface area contributed by atoms with Crippen molar-refractivity contribution in [2.24, 2.45) is 4.99 Å². The molecule has 0 saturated heterocycles. The van der Waals surface area contributed by atoms with E-state index >= 15 is 0 Å². The fourth-order valence-electron chi connectivity index (χ4n) is 2.83. The maximum atomic E-state index is 6.06. The number of benzene rings is 3. The molecule has 0 fully saturated rings. The summed E-state index contributed by atoms with van der Waals surface area (Å²) < 4.78 is 7.02. The first kappa shape index (κ1) is 15.7. The third-order valence-corrected chi connectivity index (χ3v) is 5.67. The van der Waals surface area contributed by atoms with Crippen molar-refractivity contribution in [1.82, 2.24) is 0 Å². The van der Waals surface area contributed by atoms with Gasteiger partial charge in [0.2, 0.25) is 0 Å². The number of hydrogen-bond acceptors (Lipinski definition) is 3. The summed E-state index contributed by atoms with van der Waals surface area (Å²) in [6.45, 7) is 1.46. The second-order valence-corrected chi connectivity index (χ2v) is 7.55. The van der Waals surface area contributed by atoms with Crippen LogP contribution in [-0.2, 0) is 6.61 Å². The molecule has 2 nitrogen and oxygen atoms in total. The average Bonchev–Trinajstić information content (AvgIpc) is 3.15. The van der Waals surface area contributed by atoms with Crippen LogP contribution in [0.5, 0.6) is 5.75 Å². The molecular weight excluding hydrogens is 382 g/mol. The van der Waals surface area contributed by atoms with E-state index in [9.17, 15) is 0 Å². The summed E-state index contributed by atoms with van der Waals surface area (Å²) in [6.07, 6.45) is 0. The summed E-state index contributed by atoms with van der Waals surface area (Å²) in [4.78, 5) is 4.52. The van der Waals surface area contributed by atoms with Crippen molar-refractivity contribution in [3.05, 3.63) is 76.3 Å². The van der Waals surface area contributed by atoms with Crippen LogP contribution in [0.1, 0.15) is 11.1 Å². The van der Waals surface area contributed by atoms with Crippen molar-refractivity contribution in [1.29, 1.82) is 0 Å². The van der Waals surface area contributed by atoms with E-state index < -0.39 is 0 Å². The van der Waals surface area contributed by atoms with Gasteiger partial charge in [0.05, 0.1) is 9.52 Å². The molecular formula is C20H16BrNOS. The van der Waals surface area contributed by atoms with Crippen LogP contribution in [0.25, 0.3) is 10.8 Å². The van der Waals surface area contributed by atoms with Crippen LogP contribution in [0.15, 0.2) is 70.1 Å². The van der Waals surface area contributed by atoms with Gasteiger partial charge in [-0.2, -0.15) is 0 Å². The first-order chi connectivity index (χ1) is 11.8. The molecule has 120 valence electrons. The first-order valence-corrected chi connectivity index (χ1v) is 9.66. The standard InChI is InChI=1S/C20H16BrNOS/c21-18-12-15(20-22-10-11-24-20)8-9-19(18)23-13-16-6-3-5-14-4-1-2-7-17(14)16/h1-9,12H,10-11,13H2. The van der Waals surface area contributed by atoms with Crippen molar-refractivity contribution in [2.75, 3.05) is 12.3 Å². The smallest absolute Gasteiger partial charge is 0.134 e. The van der Waals surface area contributed by atoms with E-state index in [-0.39, 0.29) is 0 Å². The number of thioether (sulfide) groups is 1. The largest absolute Gasteiger partial charge is 0.488 e. The Morgan fingerprint density at radius 3 is 2.75 bits per heavy atom. The topological polar surface area (TPSA) is 21.6 Å². The Kier molecular flexibility index (Phi) is 4.58. The molecule has 0 saturated carbocycles. The summed E-state index contributed by atoms with van der Waals surface area (Å²) in [7, 11) is 0. The molecule has 1 heterocycles. The summed E-state index contributed by atoms with van der Waals surface area (Å²) >= 11 is 5.44. The lowest BCUT2D eigenvalue weighted by Crippen LogP contribution is -1.98. The van der Waals surface area contributed by atoms with Gasteiger partial charge in [-0.3, -0.25) is 4.99 Å².